The predicted molar refractivity (Wildman–Crippen MR) is 56.4 cm³/mol. The lowest BCUT2D eigenvalue weighted by atomic mass is 10.1. The summed E-state index contributed by atoms with van der Waals surface area (Å²) in [7, 11) is 0. The van der Waals surface area contributed by atoms with Crippen molar-refractivity contribution < 1.29 is 4.79 Å². The third kappa shape index (κ3) is 2.47. The van der Waals surface area contributed by atoms with Crippen LogP contribution in [0.1, 0.15) is 16.2 Å². The minimum Gasteiger partial charge on any atom is -0.292 e. The average Bonchev–Trinajstić information content (AvgIpc) is 2.74. The van der Waals surface area contributed by atoms with Crippen molar-refractivity contribution in [2.24, 2.45) is 0 Å². The maximum atomic E-state index is 11.6. The number of aromatic amines is 1. The first kappa shape index (κ1) is 9.97. The minimum absolute atomic E-state index is 0.0985. The van der Waals surface area contributed by atoms with Crippen molar-refractivity contribution in [3.05, 3.63) is 40.4 Å². The molecular formula is C9H7BrN4O. The third-order valence-corrected chi connectivity index (χ3v) is 2.30. The van der Waals surface area contributed by atoms with Gasteiger partial charge in [-0.3, -0.25) is 9.78 Å². The molecule has 0 aliphatic rings. The molecule has 0 saturated heterocycles. The van der Waals surface area contributed by atoms with E-state index in [0.717, 1.165) is 4.47 Å². The summed E-state index contributed by atoms with van der Waals surface area (Å²) in [6.07, 6.45) is 3.30. The minimum atomic E-state index is -0.0985. The third-order valence-electron chi connectivity index (χ3n) is 1.83. The number of pyridine rings is 1. The SMILES string of the molecule is O=C(Cc1ccc(Br)cn1)c1cn[nH]n1. The van der Waals surface area contributed by atoms with Crippen LogP contribution in [0.4, 0.5) is 0 Å². The topological polar surface area (TPSA) is 71.5 Å². The second-order valence-corrected chi connectivity index (χ2v) is 3.84. The van der Waals surface area contributed by atoms with Crippen molar-refractivity contribution >= 4 is 21.7 Å². The van der Waals surface area contributed by atoms with Gasteiger partial charge in [-0.25, -0.2) is 0 Å². The fourth-order valence-corrected chi connectivity index (χ4v) is 1.34. The summed E-state index contributed by atoms with van der Waals surface area (Å²) in [6.45, 7) is 0. The Bertz CT molecular complexity index is 451. The first-order valence-electron chi connectivity index (χ1n) is 4.25. The van der Waals surface area contributed by atoms with E-state index in [9.17, 15) is 4.79 Å². The van der Waals surface area contributed by atoms with E-state index < -0.39 is 0 Å². The van der Waals surface area contributed by atoms with Crippen LogP contribution in [0.25, 0.3) is 0 Å². The van der Waals surface area contributed by atoms with Crippen LogP contribution in [0.5, 0.6) is 0 Å². The van der Waals surface area contributed by atoms with Crippen LogP contribution < -0.4 is 0 Å². The molecule has 0 atom stereocenters. The number of rotatable bonds is 3. The zero-order chi connectivity index (χ0) is 10.7. The second-order valence-electron chi connectivity index (χ2n) is 2.92. The molecule has 0 unspecified atom stereocenters. The van der Waals surface area contributed by atoms with Crippen LogP contribution in [0.3, 0.4) is 0 Å². The molecule has 15 heavy (non-hydrogen) atoms. The molecule has 2 aromatic rings. The number of Topliss-reactive ketones (excluding diaryl/α,β-unsaturated/α-hetero) is 1. The summed E-state index contributed by atoms with van der Waals surface area (Å²) in [5.74, 6) is -0.0985. The maximum absolute atomic E-state index is 11.6. The number of H-pyrrole nitrogens is 1. The lowest BCUT2D eigenvalue weighted by Gasteiger charge is -1.97. The molecule has 0 amide bonds. The fourth-order valence-electron chi connectivity index (χ4n) is 1.10. The number of nitrogens with zero attached hydrogens (tertiary/aromatic N) is 3. The molecule has 0 fully saturated rings. The second kappa shape index (κ2) is 4.31. The van der Waals surface area contributed by atoms with Crippen molar-refractivity contribution in [1.82, 2.24) is 20.4 Å². The number of nitrogens with one attached hydrogen (secondary N) is 1. The molecule has 2 rings (SSSR count). The highest BCUT2D eigenvalue weighted by Crippen LogP contribution is 2.08. The summed E-state index contributed by atoms with van der Waals surface area (Å²) in [5.41, 5.74) is 1.05. The van der Waals surface area contributed by atoms with Crippen LogP contribution in [0.2, 0.25) is 0 Å². The Morgan fingerprint density at radius 1 is 1.40 bits per heavy atom. The zero-order valence-corrected chi connectivity index (χ0v) is 9.23. The number of carbonyl (C=O) groups excluding carboxylic acids is 1. The molecule has 0 radical (unpaired) electrons. The van der Waals surface area contributed by atoms with Gasteiger partial charge in [-0.15, -0.1) is 0 Å². The molecular weight excluding hydrogens is 260 g/mol. The normalized spacial score (nSPS) is 10.2. The number of carbonyl (C=O) groups is 1. The molecule has 6 heteroatoms. The highest BCUT2D eigenvalue weighted by Gasteiger charge is 2.10. The average molecular weight is 267 g/mol. The summed E-state index contributed by atoms with van der Waals surface area (Å²) >= 11 is 3.28. The maximum Gasteiger partial charge on any atom is 0.190 e. The molecule has 0 aliphatic heterocycles. The van der Waals surface area contributed by atoms with Gasteiger partial charge in [0.15, 0.2) is 5.78 Å². The first-order valence-corrected chi connectivity index (χ1v) is 5.04. The number of ketones is 1. The van der Waals surface area contributed by atoms with Crippen molar-refractivity contribution in [2.45, 2.75) is 6.42 Å². The first-order chi connectivity index (χ1) is 7.25. The van der Waals surface area contributed by atoms with Gasteiger partial charge >= 0.3 is 0 Å². The Hall–Kier alpha value is -1.56. The van der Waals surface area contributed by atoms with Crippen LogP contribution in [-0.2, 0) is 6.42 Å². The number of halogens is 1. The van der Waals surface area contributed by atoms with Crippen molar-refractivity contribution in [3.63, 3.8) is 0 Å². The van der Waals surface area contributed by atoms with E-state index in [1.54, 1.807) is 12.3 Å². The number of hydrogen-bond donors (Lipinski definition) is 1. The summed E-state index contributed by atoms with van der Waals surface area (Å²) < 4.78 is 0.889. The van der Waals surface area contributed by atoms with E-state index in [4.69, 9.17) is 0 Å². The van der Waals surface area contributed by atoms with E-state index in [1.807, 2.05) is 6.07 Å². The Balaban J connectivity index is 2.09. The lowest BCUT2D eigenvalue weighted by Crippen LogP contribution is -2.05. The molecule has 0 aromatic carbocycles. The quantitative estimate of drug-likeness (QED) is 0.853. The molecule has 0 saturated carbocycles. The predicted octanol–water partition coefficient (Wildman–Crippen LogP) is 1.39. The summed E-state index contributed by atoms with van der Waals surface area (Å²) in [4.78, 5) is 15.7. The molecule has 0 bridgehead atoms. The number of hydrogen-bond acceptors (Lipinski definition) is 4. The number of aromatic nitrogens is 4. The van der Waals surface area contributed by atoms with Crippen LogP contribution in [-0.4, -0.2) is 26.2 Å². The highest BCUT2D eigenvalue weighted by molar-refractivity contribution is 9.10. The monoisotopic (exact) mass is 266 g/mol. The van der Waals surface area contributed by atoms with E-state index in [1.165, 1.54) is 6.20 Å². The van der Waals surface area contributed by atoms with Crippen molar-refractivity contribution in [2.75, 3.05) is 0 Å². The van der Waals surface area contributed by atoms with Gasteiger partial charge in [0.25, 0.3) is 0 Å². The standard InChI is InChI=1S/C9H7BrN4O/c10-6-1-2-7(11-4-6)3-9(15)8-5-12-14-13-8/h1-2,4-5H,3H2,(H,12,13,14). The van der Waals surface area contributed by atoms with Crippen molar-refractivity contribution in [1.29, 1.82) is 0 Å². The van der Waals surface area contributed by atoms with E-state index in [0.29, 0.717) is 11.4 Å². The van der Waals surface area contributed by atoms with Crippen molar-refractivity contribution in [3.8, 4) is 0 Å². The van der Waals surface area contributed by atoms with E-state index >= 15 is 0 Å². The summed E-state index contributed by atoms with van der Waals surface area (Å²) in [6, 6.07) is 3.64. The molecule has 2 aromatic heterocycles. The van der Waals surface area contributed by atoms with Gasteiger partial charge in [0.1, 0.15) is 5.69 Å². The Morgan fingerprint density at radius 2 is 2.27 bits per heavy atom. The lowest BCUT2D eigenvalue weighted by molar-refractivity contribution is 0.0987. The van der Waals surface area contributed by atoms with Gasteiger partial charge in [0.2, 0.25) is 0 Å². The van der Waals surface area contributed by atoms with Crippen LogP contribution in [0.15, 0.2) is 29.0 Å². The van der Waals surface area contributed by atoms with Gasteiger partial charge in [0.05, 0.1) is 12.6 Å². The highest BCUT2D eigenvalue weighted by atomic mass is 79.9. The van der Waals surface area contributed by atoms with Crippen LogP contribution >= 0.6 is 15.9 Å². The van der Waals surface area contributed by atoms with E-state index in [-0.39, 0.29) is 12.2 Å². The van der Waals surface area contributed by atoms with Gasteiger partial charge in [-0.1, -0.05) is 0 Å². The van der Waals surface area contributed by atoms with Gasteiger partial charge < -0.3 is 0 Å². The fraction of sp³-hybridized carbons (Fsp3) is 0.111. The molecule has 2 heterocycles. The zero-order valence-electron chi connectivity index (χ0n) is 7.64. The Kier molecular flexibility index (Phi) is 2.86. The van der Waals surface area contributed by atoms with Gasteiger partial charge in [0, 0.05) is 16.4 Å². The Labute approximate surface area is 94.1 Å². The van der Waals surface area contributed by atoms with Gasteiger partial charge in [-0.2, -0.15) is 15.4 Å². The van der Waals surface area contributed by atoms with Crippen LogP contribution in [0, 0.1) is 0 Å². The molecule has 1 N–H and O–H groups in total. The Morgan fingerprint density at radius 3 is 2.87 bits per heavy atom. The summed E-state index contributed by atoms with van der Waals surface area (Å²) in [5, 5.41) is 9.68. The molecule has 0 spiro atoms. The largest absolute Gasteiger partial charge is 0.292 e. The van der Waals surface area contributed by atoms with Gasteiger partial charge in [-0.05, 0) is 28.1 Å². The molecule has 5 nitrogen and oxygen atoms in total. The molecule has 76 valence electrons. The smallest absolute Gasteiger partial charge is 0.190 e. The van der Waals surface area contributed by atoms with E-state index in [2.05, 4.69) is 36.3 Å². The molecule has 0 aliphatic carbocycles.